The molecule has 0 unspecified atom stereocenters. The molecule has 0 N–H and O–H groups in total. The van der Waals surface area contributed by atoms with Crippen LogP contribution in [-0.2, 0) is 0 Å². The summed E-state index contributed by atoms with van der Waals surface area (Å²) in [6, 6.07) is 0.227. The number of hydrogen-bond acceptors (Lipinski definition) is 5. The van der Waals surface area contributed by atoms with Crippen LogP contribution in [0.4, 0.5) is 0 Å². The van der Waals surface area contributed by atoms with Crippen molar-refractivity contribution in [1.82, 2.24) is 4.90 Å². The van der Waals surface area contributed by atoms with Gasteiger partial charge in [0.25, 0.3) is 0 Å². The highest BCUT2D eigenvalue weighted by molar-refractivity contribution is 8.15. The molecule has 5 nitrogen and oxygen atoms in total. The van der Waals surface area contributed by atoms with E-state index in [1.54, 1.807) is 18.0 Å². The van der Waals surface area contributed by atoms with E-state index in [9.17, 15) is 0 Å². The highest BCUT2D eigenvalue weighted by atomic mass is 32.2. The van der Waals surface area contributed by atoms with Crippen molar-refractivity contribution in [3.8, 4) is 6.19 Å². The second kappa shape index (κ2) is 6.40. The summed E-state index contributed by atoms with van der Waals surface area (Å²) in [7, 11) is 0. The molecule has 0 amide bonds. The van der Waals surface area contributed by atoms with Gasteiger partial charge in [-0.25, -0.2) is 0 Å². The van der Waals surface area contributed by atoms with Gasteiger partial charge in [0.15, 0.2) is 5.17 Å². The Morgan fingerprint density at radius 3 is 2.65 bits per heavy atom. The molecule has 0 spiro atoms. The topological polar surface area (TPSA) is 64.1 Å². The second-order valence-corrected chi connectivity index (χ2v) is 5.21. The molecule has 1 aliphatic rings. The largest absolute Gasteiger partial charge is 0.304 e. The van der Waals surface area contributed by atoms with Crippen molar-refractivity contribution >= 4 is 29.0 Å². The van der Waals surface area contributed by atoms with Gasteiger partial charge in [0.05, 0.1) is 5.75 Å². The Balaban J connectivity index is 2.88. The van der Waals surface area contributed by atoms with Gasteiger partial charge in [0, 0.05) is 12.3 Å². The lowest BCUT2D eigenvalue weighted by Crippen LogP contribution is -2.35. The number of thioether (sulfide) groups is 1. The Labute approximate surface area is 106 Å². The maximum Gasteiger partial charge on any atom is 0.207 e. The van der Waals surface area contributed by atoms with Crippen LogP contribution in [0.1, 0.15) is 27.7 Å². The van der Waals surface area contributed by atoms with Crippen molar-refractivity contribution in [2.75, 3.05) is 5.75 Å². The smallest absolute Gasteiger partial charge is 0.207 e. The number of nitriles is 1. The molecule has 0 aliphatic carbocycles. The molecular weight excluding hydrogens is 234 g/mol. The molecule has 0 bridgehead atoms. The van der Waals surface area contributed by atoms with Gasteiger partial charge in [-0.1, -0.05) is 25.6 Å². The summed E-state index contributed by atoms with van der Waals surface area (Å²) in [5.41, 5.74) is 0. The Hall–Kier alpha value is -1.35. The zero-order valence-electron chi connectivity index (χ0n) is 10.6. The van der Waals surface area contributed by atoms with Gasteiger partial charge < -0.3 is 4.90 Å². The van der Waals surface area contributed by atoms with Gasteiger partial charge in [0.1, 0.15) is 5.84 Å². The molecule has 0 saturated carbocycles. The van der Waals surface area contributed by atoms with E-state index in [2.05, 4.69) is 15.2 Å². The summed E-state index contributed by atoms with van der Waals surface area (Å²) in [4.78, 5) is 5.76. The van der Waals surface area contributed by atoms with Gasteiger partial charge in [-0.05, 0) is 19.8 Å². The van der Waals surface area contributed by atoms with E-state index in [1.807, 2.05) is 38.8 Å². The minimum atomic E-state index is 0.227. The molecule has 0 aromatic heterocycles. The molecule has 92 valence electrons. The predicted molar refractivity (Wildman–Crippen MR) is 73.2 cm³/mol. The zero-order valence-corrected chi connectivity index (χ0v) is 11.4. The minimum Gasteiger partial charge on any atom is -0.304 e. The highest BCUT2D eigenvalue weighted by Gasteiger charge is 2.28. The van der Waals surface area contributed by atoms with Crippen LogP contribution < -0.4 is 0 Å². The molecule has 1 fully saturated rings. The van der Waals surface area contributed by atoms with Gasteiger partial charge >= 0.3 is 0 Å². The molecular formula is C11H17N5S. The SMILES string of the molecule is CC(C)/C=N/N=C1\SC/C(=N/C#N)N1C(C)C. The first-order chi connectivity index (χ1) is 8.06. The molecule has 6 heteroatoms. The van der Waals surface area contributed by atoms with Crippen LogP contribution in [-0.4, -0.2) is 33.9 Å². The number of hydrogen-bond donors (Lipinski definition) is 0. The van der Waals surface area contributed by atoms with Gasteiger partial charge in [0.2, 0.25) is 6.19 Å². The number of nitrogens with zero attached hydrogens (tertiary/aromatic N) is 5. The predicted octanol–water partition coefficient (Wildman–Crippen LogP) is 2.32. The number of amidine groups is 2. The fourth-order valence-corrected chi connectivity index (χ4v) is 2.36. The maximum absolute atomic E-state index is 8.62. The quantitative estimate of drug-likeness (QED) is 0.439. The van der Waals surface area contributed by atoms with Crippen LogP contribution in [0.5, 0.6) is 0 Å². The van der Waals surface area contributed by atoms with Crippen molar-refractivity contribution in [2.24, 2.45) is 21.1 Å². The van der Waals surface area contributed by atoms with Gasteiger partial charge in [-0.3, -0.25) is 0 Å². The molecule has 0 aromatic carbocycles. The summed E-state index contributed by atoms with van der Waals surface area (Å²) in [6.45, 7) is 8.18. The van der Waals surface area contributed by atoms with Crippen LogP contribution in [0.2, 0.25) is 0 Å². The van der Waals surface area contributed by atoms with E-state index >= 15 is 0 Å². The molecule has 1 saturated heterocycles. The van der Waals surface area contributed by atoms with Crippen LogP contribution >= 0.6 is 11.8 Å². The first kappa shape index (κ1) is 13.7. The van der Waals surface area contributed by atoms with Crippen LogP contribution in [0.25, 0.3) is 0 Å². The van der Waals surface area contributed by atoms with Crippen molar-refractivity contribution in [3.63, 3.8) is 0 Å². The third kappa shape index (κ3) is 3.86. The van der Waals surface area contributed by atoms with Crippen molar-refractivity contribution in [1.29, 1.82) is 5.26 Å². The Morgan fingerprint density at radius 1 is 1.41 bits per heavy atom. The third-order valence-corrected chi connectivity index (χ3v) is 2.96. The van der Waals surface area contributed by atoms with E-state index in [0.29, 0.717) is 11.7 Å². The van der Waals surface area contributed by atoms with E-state index in [1.165, 1.54) is 0 Å². The first-order valence-corrected chi connectivity index (χ1v) is 6.53. The Morgan fingerprint density at radius 2 is 2.12 bits per heavy atom. The summed E-state index contributed by atoms with van der Waals surface area (Å²) in [5, 5.41) is 17.7. The molecule has 1 rings (SSSR count). The van der Waals surface area contributed by atoms with E-state index in [-0.39, 0.29) is 6.04 Å². The fraction of sp³-hybridized carbons (Fsp3) is 0.636. The second-order valence-electron chi connectivity index (χ2n) is 4.27. The normalized spacial score (nSPS) is 21.4. The fourth-order valence-electron chi connectivity index (χ4n) is 1.33. The average molecular weight is 251 g/mol. The van der Waals surface area contributed by atoms with Crippen LogP contribution in [0.3, 0.4) is 0 Å². The molecule has 1 heterocycles. The van der Waals surface area contributed by atoms with E-state index in [4.69, 9.17) is 5.26 Å². The minimum absolute atomic E-state index is 0.227. The van der Waals surface area contributed by atoms with Crippen molar-refractivity contribution in [3.05, 3.63) is 0 Å². The summed E-state index contributed by atoms with van der Waals surface area (Å²) < 4.78 is 0. The maximum atomic E-state index is 8.62. The standard InChI is InChI=1S/C11H17N5S/c1-8(2)5-14-15-11-16(9(3)4)10(6-17-11)13-7-12/h5,8-9H,6H2,1-4H3/b13-10-,14-5+,15-11-. The van der Waals surface area contributed by atoms with Gasteiger partial charge in [-0.2, -0.15) is 15.4 Å². The lowest BCUT2D eigenvalue weighted by Gasteiger charge is -2.21. The zero-order chi connectivity index (χ0) is 12.8. The van der Waals surface area contributed by atoms with E-state index < -0.39 is 0 Å². The summed E-state index contributed by atoms with van der Waals surface area (Å²) in [6.07, 6.45) is 3.63. The molecule has 0 aromatic rings. The van der Waals surface area contributed by atoms with Crippen LogP contribution in [0, 0.1) is 17.4 Å². The van der Waals surface area contributed by atoms with Crippen molar-refractivity contribution < 1.29 is 0 Å². The monoisotopic (exact) mass is 251 g/mol. The summed E-state index contributed by atoms with van der Waals surface area (Å²) >= 11 is 1.56. The third-order valence-electron chi connectivity index (χ3n) is 2.02. The van der Waals surface area contributed by atoms with E-state index in [0.717, 1.165) is 11.0 Å². The lowest BCUT2D eigenvalue weighted by molar-refractivity contribution is 0.509. The van der Waals surface area contributed by atoms with Crippen LogP contribution in [0.15, 0.2) is 15.2 Å². The first-order valence-electron chi connectivity index (χ1n) is 5.55. The highest BCUT2D eigenvalue weighted by Crippen LogP contribution is 2.23. The summed E-state index contributed by atoms with van der Waals surface area (Å²) in [5.74, 6) is 1.82. The molecule has 0 radical (unpaired) electrons. The lowest BCUT2D eigenvalue weighted by atomic mass is 10.3. The number of aliphatic imine (C=N–C) groups is 1. The average Bonchev–Trinajstić information content (AvgIpc) is 2.61. The van der Waals surface area contributed by atoms with Crippen molar-refractivity contribution in [2.45, 2.75) is 33.7 Å². The Bertz CT molecular complexity index is 389. The van der Waals surface area contributed by atoms with Gasteiger partial charge in [-0.15, -0.1) is 5.10 Å². The molecule has 0 atom stereocenters. The Kier molecular flexibility index (Phi) is 5.16. The molecule has 1 aliphatic heterocycles. The molecule has 17 heavy (non-hydrogen) atoms. The number of rotatable bonds is 3.